The van der Waals surface area contributed by atoms with Gasteiger partial charge in [-0.25, -0.2) is 0 Å². The number of nitrogens with one attached hydrogen (secondary N) is 1. The van der Waals surface area contributed by atoms with Crippen LogP contribution in [-0.2, 0) is 9.53 Å². The molecule has 0 spiro atoms. The molecule has 2 aromatic carbocycles. The zero-order valence-electron chi connectivity index (χ0n) is 12.3. The molecule has 2 rings (SSSR count). The molecule has 0 saturated carbocycles. The molecule has 0 radical (unpaired) electrons. The van der Waals surface area contributed by atoms with E-state index in [4.69, 9.17) is 33.2 Å². The number of anilines is 1. The van der Waals surface area contributed by atoms with Crippen molar-refractivity contribution in [1.82, 2.24) is 0 Å². The Kier molecular flexibility index (Phi) is 5.86. The lowest BCUT2D eigenvalue weighted by Gasteiger charge is -2.20. The quantitative estimate of drug-likeness (QED) is 0.803. The maximum absolute atomic E-state index is 11.1. The maximum atomic E-state index is 11.1. The van der Waals surface area contributed by atoms with Gasteiger partial charge >= 0.3 is 5.97 Å². The van der Waals surface area contributed by atoms with Crippen molar-refractivity contribution in [3.8, 4) is 6.07 Å². The number of hydrogen-bond donors (Lipinski definition) is 1. The Balaban J connectivity index is 2.23. The first-order valence-electron chi connectivity index (χ1n) is 6.84. The van der Waals surface area contributed by atoms with Gasteiger partial charge in [-0.05, 0) is 42.0 Å². The number of nitrogens with zero attached hydrogens (tertiary/aromatic N) is 1. The van der Waals surface area contributed by atoms with Gasteiger partial charge in [0.1, 0.15) is 6.61 Å². The minimum absolute atomic E-state index is 0.146. The van der Waals surface area contributed by atoms with Gasteiger partial charge in [-0.2, -0.15) is 5.26 Å². The molecule has 0 heterocycles. The van der Waals surface area contributed by atoms with Crippen molar-refractivity contribution in [2.24, 2.45) is 0 Å². The van der Waals surface area contributed by atoms with Gasteiger partial charge < -0.3 is 10.1 Å². The second kappa shape index (κ2) is 7.87. The number of hydrogen-bond acceptors (Lipinski definition) is 4. The molecular formula is C17H14Cl2N2O2. The fourth-order valence-electron chi connectivity index (χ4n) is 1.99. The molecule has 6 heteroatoms. The minimum atomic E-state index is -0.364. The van der Waals surface area contributed by atoms with E-state index in [0.29, 0.717) is 15.6 Å². The summed E-state index contributed by atoms with van der Waals surface area (Å²) in [6, 6.07) is 14.0. The molecule has 0 aliphatic rings. The van der Waals surface area contributed by atoms with Crippen LogP contribution in [0.2, 0.25) is 10.0 Å². The second-order valence-corrected chi connectivity index (χ2v) is 5.68. The summed E-state index contributed by atoms with van der Waals surface area (Å²) in [4.78, 5) is 11.1. The third kappa shape index (κ3) is 4.88. The number of carbonyl (C=O) groups excluding carboxylic acids is 1. The number of carbonyl (C=O) groups is 1. The Morgan fingerprint density at radius 2 is 1.91 bits per heavy atom. The van der Waals surface area contributed by atoms with Crippen molar-refractivity contribution in [3.05, 3.63) is 63.6 Å². The van der Waals surface area contributed by atoms with Crippen molar-refractivity contribution in [2.45, 2.75) is 13.0 Å². The van der Waals surface area contributed by atoms with E-state index in [1.165, 1.54) is 6.92 Å². The Labute approximate surface area is 144 Å². The van der Waals surface area contributed by atoms with Crippen molar-refractivity contribution in [3.63, 3.8) is 0 Å². The van der Waals surface area contributed by atoms with Gasteiger partial charge in [0.15, 0.2) is 0 Å². The average molecular weight is 349 g/mol. The Bertz CT molecular complexity index is 739. The Morgan fingerprint density at radius 3 is 2.48 bits per heavy atom. The van der Waals surface area contributed by atoms with Crippen LogP contribution in [0.15, 0.2) is 42.5 Å². The Morgan fingerprint density at radius 1 is 1.22 bits per heavy atom. The summed E-state index contributed by atoms with van der Waals surface area (Å²) in [5.41, 5.74) is 2.21. The van der Waals surface area contributed by atoms with E-state index in [1.54, 1.807) is 36.4 Å². The molecule has 1 atom stereocenters. The molecule has 0 aromatic heterocycles. The number of halogens is 2. The second-order valence-electron chi connectivity index (χ2n) is 4.86. The summed E-state index contributed by atoms with van der Waals surface area (Å²) < 4.78 is 5.12. The van der Waals surface area contributed by atoms with Gasteiger partial charge in [0.2, 0.25) is 0 Å². The summed E-state index contributed by atoms with van der Waals surface area (Å²) >= 11 is 12.0. The van der Waals surface area contributed by atoms with E-state index in [0.717, 1.165) is 11.3 Å². The van der Waals surface area contributed by atoms with Gasteiger partial charge in [0, 0.05) is 12.6 Å². The number of benzene rings is 2. The topological polar surface area (TPSA) is 62.1 Å². The van der Waals surface area contributed by atoms with Crippen LogP contribution in [0.3, 0.4) is 0 Å². The molecule has 0 aliphatic heterocycles. The molecule has 23 heavy (non-hydrogen) atoms. The van der Waals surface area contributed by atoms with E-state index >= 15 is 0 Å². The molecule has 1 N–H and O–H groups in total. The summed E-state index contributed by atoms with van der Waals surface area (Å²) in [7, 11) is 0. The fourth-order valence-corrected chi connectivity index (χ4v) is 2.30. The highest BCUT2D eigenvalue weighted by Crippen LogP contribution is 2.28. The van der Waals surface area contributed by atoms with Crippen molar-refractivity contribution in [1.29, 1.82) is 5.26 Å². The van der Waals surface area contributed by atoms with Gasteiger partial charge in [-0.15, -0.1) is 0 Å². The highest BCUT2D eigenvalue weighted by Gasteiger charge is 2.15. The van der Waals surface area contributed by atoms with Gasteiger partial charge in [0.25, 0.3) is 0 Å². The third-order valence-corrected chi connectivity index (χ3v) is 3.89. The Hall–Kier alpha value is -2.22. The molecular weight excluding hydrogens is 335 g/mol. The molecule has 0 saturated heterocycles. The molecule has 4 nitrogen and oxygen atoms in total. The summed E-state index contributed by atoms with van der Waals surface area (Å²) in [5, 5.41) is 13.0. The maximum Gasteiger partial charge on any atom is 0.302 e. The molecule has 1 unspecified atom stereocenters. The zero-order chi connectivity index (χ0) is 16.8. The van der Waals surface area contributed by atoms with Crippen LogP contribution in [0.4, 0.5) is 5.69 Å². The van der Waals surface area contributed by atoms with Crippen LogP contribution < -0.4 is 5.32 Å². The van der Waals surface area contributed by atoms with Crippen molar-refractivity contribution >= 4 is 34.9 Å². The first kappa shape index (κ1) is 17.1. The standard InChI is InChI=1S/C17H14Cl2N2O2/c1-11(22)23-10-17(13-4-7-15(18)16(19)8-13)21-14-5-2-12(9-20)3-6-14/h2-8,17,21H,10H2,1H3. The SMILES string of the molecule is CC(=O)OCC(Nc1ccc(C#N)cc1)c1ccc(Cl)c(Cl)c1. The van der Waals surface area contributed by atoms with Crippen molar-refractivity contribution in [2.75, 3.05) is 11.9 Å². The molecule has 0 aliphatic carbocycles. The van der Waals surface area contributed by atoms with Crippen LogP contribution in [0.1, 0.15) is 24.1 Å². The molecule has 0 fully saturated rings. The van der Waals surface area contributed by atoms with Crippen molar-refractivity contribution < 1.29 is 9.53 Å². The number of esters is 1. The van der Waals surface area contributed by atoms with Crippen LogP contribution in [-0.4, -0.2) is 12.6 Å². The summed E-state index contributed by atoms with van der Waals surface area (Å²) in [5.74, 6) is -0.364. The first-order chi connectivity index (χ1) is 11.0. The van der Waals surface area contributed by atoms with Crippen LogP contribution in [0.25, 0.3) is 0 Å². The van der Waals surface area contributed by atoms with Crippen LogP contribution in [0.5, 0.6) is 0 Å². The van der Waals surface area contributed by atoms with Gasteiger partial charge in [-0.1, -0.05) is 29.3 Å². The van der Waals surface area contributed by atoms with E-state index in [-0.39, 0.29) is 18.6 Å². The predicted molar refractivity (Wildman–Crippen MR) is 90.6 cm³/mol. The van der Waals surface area contributed by atoms with Gasteiger partial charge in [0.05, 0.1) is 27.7 Å². The molecule has 0 bridgehead atoms. The smallest absolute Gasteiger partial charge is 0.302 e. The third-order valence-electron chi connectivity index (χ3n) is 3.15. The number of rotatable bonds is 5. The largest absolute Gasteiger partial charge is 0.463 e. The first-order valence-corrected chi connectivity index (χ1v) is 7.60. The summed E-state index contributed by atoms with van der Waals surface area (Å²) in [6.45, 7) is 1.50. The van der Waals surface area contributed by atoms with Crippen LogP contribution >= 0.6 is 23.2 Å². The lowest BCUT2D eigenvalue weighted by molar-refractivity contribution is -0.141. The predicted octanol–water partition coefficient (Wildman–Crippen LogP) is 4.58. The highest BCUT2D eigenvalue weighted by molar-refractivity contribution is 6.42. The normalized spacial score (nSPS) is 11.4. The number of nitriles is 1. The monoisotopic (exact) mass is 348 g/mol. The lowest BCUT2D eigenvalue weighted by Crippen LogP contribution is -2.18. The fraction of sp³-hybridized carbons (Fsp3) is 0.176. The van der Waals surface area contributed by atoms with E-state index in [1.807, 2.05) is 6.07 Å². The summed E-state index contributed by atoms with van der Waals surface area (Å²) in [6.07, 6.45) is 0. The highest BCUT2D eigenvalue weighted by atomic mass is 35.5. The van der Waals surface area contributed by atoms with E-state index < -0.39 is 0 Å². The average Bonchev–Trinajstić information content (AvgIpc) is 2.54. The molecule has 0 amide bonds. The van der Waals surface area contributed by atoms with E-state index in [9.17, 15) is 4.79 Å². The number of ether oxygens (including phenoxy) is 1. The minimum Gasteiger partial charge on any atom is -0.463 e. The van der Waals surface area contributed by atoms with Crippen LogP contribution in [0, 0.1) is 11.3 Å². The zero-order valence-corrected chi connectivity index (χ0v) is 13.9. The van der Waals surface area contributed by atoms with E-state index in [2.05, 4.69) is 11.4 Å². The molecule has 2 aromatic rings. The lowest BCUT2D eigenvalue weighted by atomic mass is 10.1. The molecule has 118 valence electrons. The van der Waals surface area contributed by atoms with Gasteiger partial charge in [-0.3, -0.25) is 4.79 Å².